The largest absolute Gasteiger partial charge is 0.340 e. The van der Waals surface area contributed by atoms with Crippen molar-refractivity contribution in [2.75, 3.05) is 16.0 Å². The van der Waals surface area contributed by atoms with Gasteiger partial charge in [-0.2, -0.15) is 0 Å². The first-order chi connectivity index (χ1) is 12.5. The normalized spacial score (nSPS) is 10.3. The molecule has 132 valence electrons. The summed E-state index contributed by atoms with van der Waals surface area (Å²) in [4.78, 5) is 19.9. The maximum Gasteiger partial charge on any atom is 0.221 e. The Hall–Kier alpha value is -3.48. The molecule has 0 bridgehead atoms. The van der Waals surface area contributed by atoms with Gasteiger partial charge < -0.3 is 16.0 Å². The van der Waals surface area contributed by atoms with E-state index in [9.17, 15) is 9.18 Å². The lowest BCUT2D eigenvalue weighted by Crippen LogP contribution is -2.06. The number of carbonyl (C=O) groups is 1. The number of aryl methyl sites for hydroxylation is 1. The molecule has 0 saturated heterocycles. The van der Waals surface area contributed by atoms with Gasteiger partial charge in [-0.25, -0.2) is 14.4 Å². The summed E-state index contributed by atoms with van der Waals surface area (Å²) in [6, 6.07) is 15.2. The number of aromatic nitrogens is 2. The minimum absolute atomic E-state index is 0.137. The van der Waals surface area contributed by atoms with E-state index in [2.05, 4.69) is 25.9 Å². The summed E-state index contributed by atoms with van der Waals surface area (Å²) in [5.74, 6) is 1.22. The van der Waals surface area contributed by atoms with E-state index in [0.717, 1.165) is 5.69 Å². The van der Waals surface area contributed by atoms with E-state index in [1.54, 1.807) is 37.3 Å². The number of hydrogen-bond acceptors (Lipinski definition) is 5. The highest BCUT2D eigenvalue weighted by Crippen LogP contribution is 2.22. The van der Waals surface area contributed by atoms with E-state index < -0.39 is 0 Å². The first-order valence-electron chi connectivity index (χ1n) is 8.01. The maximum atomic E-state index is 13.3. The van der Waals surface area contributed by atoms with Crippen LogP contribution >= 0.6 is 0 Å². The third kappa shape index (κ3) is 4.76. The van der Waals surface area contributed by atoms with Crippen molar-refractivity contribution in [3.8, 4) is 0 Å². The molecule has 1 amide bonds. The van der Waals surface area contributed by atoms with Gasteiger partial charge in [0.1, 0.15) is 23.3 Å². The second kappa shape index (κ2) is 7.60. The van der Waals surface area contributed by atoms with Crippen molar-refractivity contribution in [3.63, 3.8) is 0 Å². The van der Waals surface area contributed by atoms with Crippen molar-refractivity contribution in [1.29, 1.82) is 0 Å². The maximum absolute atomic E-state index is 13.3. The molecule has 0 aliphatic heterocycles. The number of nitrogens with zero attached hydrogens (tertiary/aromatic N) is 2. The fourth-order valence-electron chi connectivity index (χ4n) is 2.44. The van der Waals surface area contributed by atoms with Crippen LogP contribution in [0.4, 0.5) is 33.1 Å². The van der Waals surface area contributed by atoms with Crippen molar-refractivity contribution in [3.05, 3.63) is 66.2 Å². The lowest BCUT2D eigenvalue weighted by atomic mass is 10.2. The Morgan fingerprint density at radius 1 is 0.885 bits per heavy atom. The molecule has 6 nitrogen and oxygen atoms in total. The molecule has 1 heterocycles. The number of halogens is 1. The molecular weight excluding hydrogens is 333 g/mol. The summed E-state index contributed by atoms with van der Waals surface area (Å²) in [6.45, 7) is 3.23. The monoisotopic (exact) mass is 351 g/mol. The molecule has 0 saturated carbocycles. The molecular formula is C19H18FN5O. The zero-order valence-corrected chi connectivity index (χ0v) is 14.4. The lowest BCUT2D eigenvalue weighted by Gasteiger charge is -2.11. The van der Waals surface area contributed by atoms with Crippen LogP contribution in [-0.2, 0) is 4.79 Å². The van der Waals surface area contributed by atoms with Crippen LogP contribution in [0.1, 0.15) is 12.7 Å². The van der Waals surface area contributed by atoms with Crippen LogP contribution in [0.5, 0.6) is 0 Å². The molecule has 0 radical (unpaired) electrons. The van der Waals surface area contributed by atoms with E-state index in [1.165, 1.54) is 19.1 Å². The number of carbonyl (C=O) groups excluding carboxylic acids is 1. The van der Waals surface area contributed by atoms with E-state index >= 15 is 0 Å². The second-order valence-electron chi connectivity index (χ2n) is 5.71. The van der Waals surface area contributed by atoms with E-state index in [4.69, 9.17) is 0 Å². The smallest absolute Gasteiger partial charge is 0.221 e. The van der Waals surface area contributed by atoms with Gasteiger partial charge in [0.05, 0.1) is 0 Å². The van der Waals surface area contributed by atoms with Crippen LogP contribution in [-0.4, -0.2) is 15.9 Å². The van der Waals surface area contributed by atoms with E-state index in [0.29, 0.717) is 28.8 Å². The Bertz CT molecular complexity index is 945. The Morgan fingerprint density at radius 2 is 1.46 bits per heavy atom. The first-order valence-corrected chi connectivity index (χ1v) is 8.01. The molecule has 0 aliphatic carbocycles. The fraction of sp³-hybridized carbons (Fsp3) is 0.105. The van der Waals surface area contributed by atoms with Crippen molar-refractivity contribution >= 4 is 34.6 Å². The van der Waals surface area contributed by atoms with Gasteiger partial charge in [-0.05, 0) is 43.3 Å². The van der Waals surface area contributed by atoms with Crippen LogP contribution < -0.4 is 16.0 Å². The summed E-state index contributed by atoms with van der Waals surface area (Å²) in [5, 5.41) is 8.97. The number of anilines is 5. The van der Waals surface area contributed by atoms with Gasteiger partial charge in [0.15, 0.2) is 0 Å². The number of amides is 1. The van der Waals surface area contributed by atoms with E-state index in [1.807, 2.05) is 12.1 Å². The third-order valence-corrected chi connectivity index (χ3v) is 3.39. The van der Waals surface area contributed by atoms with Gasteiger partial charge in [-0.1, -0.05) is 12.1 Å². The van der Waals surface area contributed by atoms with Crippen molar-refractivity contribution in [2.45, 2.75) is 13.8 Å². The van der Waals surface area contributed by atoms with Crippen LogP contribution in [0.2, 0.25) is 0 Å². The minimum Gasteiger partial charge on any atom is -0.340 e. The molecule has 2 aromatic carbocycles. The highest BCUT2D eigenvalue weighted by Gasteiger charge is 2.05. The topological polar surface area (TPSA) is 78.9 Å². The third-order valence-electron chi connectivity index (χ3n) is 3.39. The number of rotatable bonds is 5. The zero-order valence-electron chi connectivity index (χ0n) is 14.4. The lowest BCUT2D eigenvalue weighted by molar-refractivity contribution is -0.114. The molecule has 3 N–H and O–H groups in total. The predicted molar refractivity (Wildman–Crippen MR) is 100 cm³/mol. The van der Waals surface area contributed by atoms with Crippen LogP contribution in [0.15, 0.2) is 54.6 Å². The van der Waals surface area contributed by atoms with Crippen LogP contribution in [0.25, 0.3) is 0 Å². The summed E-state index contributed by atoms with van der Waals surface area (Å²) in [5.41, 5.74) is 2.05. The Labute approximate surface area is 150 Å². The Morgan fingerprint density at radius 3 is 2.08 bits per heavy atom. The molecule has 0 aliphatic rings. The Kier molecular flexibility index (Phi) is 5.07. The zero-order chi connectivity index (χ0) is 18.5. The fourth-order valence-corrected chi connectivity index (χ4v) is 2.44. The van der Waals surface area contributed by atoms with E-state index in [-0.39, 0.29) is 11.7 Å². The molecule has 3 rings (SSSR count). The molecule has 0 fully saturated rings. The standard InChI is InChI=1S/C19H18FN5O/c1-12-21-18(24-15-6-3-5-14(20)9-15)11-19(22-12)25-17-8-4-7-16(10-17)23-13(2)26/h3-11H,1-2H3,(H,23,26)(H2,21,22,24,25). The van der Waals surface area contributed by atoms with Crippen LogP contribution in [0, 0.1) is 12.7 Å². The number of benzene rings is 2. The average Bonchev–Trinajstić information content (AvgIpc) is 2.54. The van der Waals surface area contributed by atoms with Gasteiger partial charge in [-0.3, -0.25) is 4.79 Å². The van der Waals surface area contributed by atoms with Gasteiger partial charge in [-0.15, -0.1) is 0 Å². The number of nitrogens with one attached hydrogen (secondary N) is 3. The molecule has 0 spiro atoms. The molecule has 0 unspecified atom stereocenters. The van der Waals surface area contributed by atoms with Gasteiger partial charge >= 0.3 is 0 Å². The van der Waals surface area contributed by atoms with Gasteiger partial charge in [0.2, 0.25) is 5.91 Å². The average molecular weight is 351 g/mol. The summed E-state index contributed by atoms with van der Waals surface area (Å²) >= 11 is 0. The Balaban J connectivity index is 1.80. The quantitative estimate of drug-likeness (QED) is 0.636. The van der Waals surface area contributed by atoms with Crippen molar-refractivity contribution in [1.82, 2.24) is 9.97 Å². The summed E-state index contributed by atoms with van der Waals surface area (Å²) in [7, 11) is 0. The molecule has 7 heteroatoms. The van der Waals surface area contributed by atoms with Crippen molar-refractivity contribution in [2.24, 2.45) is 0 Å². The molecule has 26 heavy (non-hydrogen) atoms. The van der Waals surface area contributed by atoms with Gasteiger partial charge in [0.25, 0.3) is 0 Å². The SMILES string of the molecule is CC(=O)Nc1cccc(Nc2cc(Nc3cccc(F)c3)nc(C)n2)c1. The minimum atomic E-state index is -0.325. The van der Waals surface area contributed by atoms with Gasteiger partial charge in [0, 0.05) is 30.1 Å². The highest BCUT2D eigenvalue weighted by molar-refractivity contribution is 5.89. The summed E-state index contributed by atoms with van der Waals surface area (Å²) in [6.07, 6.45) is 0. The second-order valence-corrected chi connectivity index (χ2v) is 5.71. The highest BCUT2D eigenvalue weighted by atomic mass is 19.1. The first kappa shape index (κ1) is 17.3. The van der Waals surface area contributed by atoms with Crippen molar-refractivity contribution < 1.29 is 9.18 Å². The summed E-state index contributed by atoms with van der Waals surface area (Å²) < 4.78 is 13.3. The van der Waals surface area contributed by atoms with Crippen LogP contribution in [0.3, 0.4) is 0 Å². The molecule has 0 atom stereocenters. The number of hydrogen-bond donors (Lipinski definition) is 3. The predicted octanol–water partition coefficient (Wildman–Crippen LogP) is 4.37. The molecule has 1 aromatic heterocycles. The molecule has 3 aromatic rings.